The number of fused-ring (bicyclic) bond motifs is 1. The highest BCUT2D eigenvalue weighted by Crippen LogP contribution is 2.48. The van der Waals surface area contributed by atoms with Gasteiger partial charge in [-0.25, -0.2) is 13.2 Å². The number of alkyl halides is 1. The van der Waals surface area contributed by atoms with Gasteiger partial charge in [0.1, 0.15) is 30.0 Å². The molecule has 0 saturated carbocycles. The van der Waals surface area contributed by atoms with E-state index in [0.717, 1.165) is 19.2 Å². The van der Waals surface area contributed by atoms with E-state index in [-0.39, 0.29) is 23.9 Å². The summed E-state index contributed by atoms with van der Waals surface area (Å²) >= 11 is 0. The molecule has 8 heteroatoms. The summed E-state index contributed by atoms with van der Waals surface area (Å²) in [5.74, 6) is -2.91. The van der Waals surface area contributed by atoms with Crippen molar-refractivity contribution < 1.29 is 32.1 Å². The Kier molecular flexibility index (Phi) is 6.62. The first-order valence-electron chi connectivity index (χ1n) is 11.7. The van der Waals surface area contributed by atoms with Gasteiger partial charge in [0, 0.05) is 42.3 Å². The molecule has 1 N–H and O–H groups in total. The molecule has 1 atom stereocenters. The predicted molar refractivity (Wildman–Crippen MR) is 128 cm³/mol. The first-order valence-corrected chi connectivity index (χ1v) is 11.7. The predicted octanol–water partition coefficient (Wildman–Crippen LogP) is 6.15. The van der Waals surface area contributed by atoms with Crippen molar-refractivity contribution in [3.63, 3.8) is 0 Å². The molecule has 5 rings (SSSR count). The van der Waals surface area contributed by atoms with E-state index in [9.17, 15) is 22.7 Å². The summed E-state index contributed by atoms with van der Waals surface area (Å²) in [4.78, 5) is 2.12. The van der Waals surface area contributed by atoms with Gasteiger partial charge in [0.15, 0.2) is 17.5 Å². The Balaban J connectivity index is 1.43. The van der Waals surface area contributed by atoms with Crippen LogP contribution in [0.25, 0.3) is 11.1 Å². The highest BCUT2D eigenvalue weighted by molar-refractivity contribution is 5.95. The highest BCUT2D eigenvalue weighted by atomic mass is 19.2. The van der Waals surface area contributed by atoms with E-state index in [2.05, 4.69) is 4.90 Å². The van der Waals surface area contributed by atoms with E-state index in [1.165, 1.54) is 18.2 Å². The molecule has 1 saturated heterocycles. The zero-order valence-corrected chi connectivity index (χ0v) is 19.6. The molecule has 0 bridgehead atoms. The summed E-state index contributed by atoms with van der Waals surface area (Å²) in [6.07, 6.45) is -0.811. The third-order valence-corrected chi connectivity index (χ3v) is 6.71. The van der Waals surface area contributed by atoms with Crippen LogP contribution in [0.15, 0.2) is 54.6 Å². The fourth-order valence-electron chi connectivity index (χ4n) is 4.74. The van der Waals surface area contributed by atoms with Gasteiger partial charge in [-0.2, -0.15) is 0 Å². The summed E-state index contributed by atoms with van der Waals surface area (Å²) in [7, 11) is 0. The first kappa shape index (κ1) is 24.2. The SMILES string of the molecule is CC1=C(c2ccc(F)c(F)c2F)[C@H](c2ccc(OCCN3CC(CF)C3)cc2)Oc2ccc(O)cc21. The van der Waals surface area contributed by atoms with E-state index < -0.39 is 23.6 Å². The molecule has 0 amide bonds. The number of rotatable bonds is 7. The molecular weight excluding hydrogens is 474 g/mol. The molecule has 36 heavy (non-hydrogen) atoms. The second-order valence-electron chi connectivity index (χ2n) is 9.14. The number of likely N-dealkylation sites (tertiary alicyclic amines) is 1. The molecule has 3 aromatic carbocycles. The van der Waals surface area contributed by atoms with Crippen LogP contribution >= 0.6 is 0 Å². The molecule has 2 aliphatic heterocycles. The van der Waals surface area contributed by atoms with Gasteiger partial charge in [0.2, 0.25) is 0 Å². The second kappa shape index (κ2) is 9.85. The molecule has 0 spiro atoms. The lowest BCUT2D eigenvalue weighted by atomic mass is 9.85. The molecule has 2 aliphatic rings. The van der Waals surface area contributed by atoms with Crippen molar-refractivity contribution in [1.29, 1.82) is 0 Å². The van der Waals surface area contributed by atoms with Crippen LogP contribution in [0.1, 0.15) is 29.7 Å². The molecule has 1 fully saturated rings. The molecule has 2 heterocycles. The van der Waals surface area contributed by atoms with Crippen LogP contribution in [0.4, 0.5) is 17.6 Å². The van der Waals surface area contributed by atoms with Crippen molar-refractivity contribution in [2.24, 2.45) is 5.92 Å². The Morgan fingerprint density at radius 1 is 0.972 bits per heavy atom. The monoisotopic (exact) mass is 499 g/mol. The quantitative estimate of drug-likeness (QED) is 0.313. The summed E-state index contributed by atoms with van der Waals surface area (Å²) < 4.78 is 67.3. The average molecular weight is 500 g/mol. The molecule has 0 aromatic heterocycles. The summed E-state index contributed by atoms with van der Waals surface area (Å²) in [6, 6.07) is 13.7. The number of hydrogen-bond acceptors (Lipinski definition) is 4. The maximum Gasteiger partial charge on any atom is 0.195 e. The molecule has 188 valence electrons. The Morgan fingerprint density at radius 3 is 2.44 bits per heavy atom. The third kappa shape index (κ3) is 4.53. The van der Waals surface area contributed by atoms with Crippen LogP contribution < -0.4 is 9.47 Å². The van der Waals surface area contributed by atoms with Crippen LogP contribution in [0.2, 0.25) is 0 Å². The second-order valence-corrected chi connectivity index (χ2v) is 9.14. The van der Waals surface area contributed by atoms with Crippen molar-refractivity contribution in [2.45, 2.75) is 13.0 Å². The zero-order chi connectivity index (χ0) is 25.4. The van der Waals surface area contributed by atoms with Gasteiger partial charge in [-0.1, -0.05) is 12.1 Å². The minimum atomic E-state index is -1.56. The summed E-state index contributed by atoms with van der Waals surface area (Å²) in [6.45, 7) is 4.08. The van der Waals surface area contributed by atoms with Crippen molar-refractivity contribution >= 4 is 11.1 Å². The number of phenols is 1. The van der Waals surface area contributed by atoms with Crippen LogP contribution in [0, 0.1) is 23.4 Å². The Labute approximate surface area is 206 Å². The van der Waals surface area contributed by atoms with E-state index in [1.807, 2.05) is 0 Å². The van der Waals surface area contributed by atoms with Gasteiger partial charge in [-0.15, -0.1) is 0 Å². The van der Waals surface area contributed by atoms with Crippen molar-refractivity contribution in [2.75, 3.05) is 32.9 Å². The molecule has 0 unspecified atom stereocenters. The van der Waals surface area contributed by atoms with Gasteiger partial charge < -0.3 is 14.6 Å². The van der Waals surface area contributed by atoms with E-state index in [1.54, 1.807) is 37.3 Å². The summed E-state index contributed by atoms with van der Waals surface area (Å²) in [5, 5.41) is 9.97. The number of hydrogen-bond donors (Lipinski definition) is 1. The average Bonchev–Trinajstić information content (AvgIpc) is 2.85. The Hall–Kier alpha value is -3.52. The van der Waals surface area contributed by atoms with Crippen molar-refractivity contribution in [3.05, 3.63) is 88.7 Å². The number of benzene rings is 3. The number of halogens is 4. The highest BCUT2D eigenvalue weighted by Gasteiger charge is 2.32. The lowest BCUT2D eigenvalue weighted by Crippen LogP contribution is -2.49. The molecule has 4 nitrogen and oxygen atoms in total. The Bertz CT molecular complexity index is 1300. The number of nitrogens with zero attached hydrogens (tertiary/aromatic N) is 1. The number of allylic oxidation sites excluding steroid dienone is 1. The minimum Gasteiger partial charge on any atom is -0.508 e. The normalized spacial score (nSPS) is 18.0. The van der Waals surface area contributed by atoms with Gasteiger partial charge in [0.05, 0.1) is 6.67 Å². The van der Waals surface area contributed by atoms with E-state index >= 15 is 0 Å². The van der Waals surface area contributed by atoms with Gasteiger partial charge in [0.25, 0.3) is 0 Å². The summed E-state index contributed by atoms with van der Waals surface area (Å²) in [5.41, 5.74) is 1.98. The lowest BCUT2D eigenvalue weighted by Gasteiger charge is -2.37. The topological polar surface area (TPSA) is 41.9 Å². The fourth-order valence-corrected chi connectivity index (χ4v) is 4.74. The third-order valence-electron chi connectivity index (χ3n) is 6.71. The number of aromatic hydroxyl groups is 1. The lowest BCUT2D eigenvalue weighted by molar-refractivity contribution is 0.0668. The van der Waals surface area contributed by atoms with Gasteiger partial charge in [-0.3, -0.25) is 9.29 Å². The van der Waals surface area contributed by atoms with Crippen LogP contribution in [-0.2, 0) is 0 Å². The van der Waals surface area contributed by atoms with Crippen LogP contribution in [0.5, 0.6) is 17.2 Å². The van der Waals surface area contributed by atoms with E-state index in [0.29, 0.717) is 46.9 Å². The molecule has 0 aliphatic carbocycles. The molecule has 3 aromatic rings. The van der Waals surface area contributed by atoms with Crippen molar-refractivity contribution in [3.8, 4) is 17.2 Å². The smallest absolute Gasteiger partial charge is 0.195 e. The van der Waals surface area contributed by atoms with Gasteiger partial charge in [-0.05, 0) is 60.5 Å². The van der Waals surface area contributed by atoms with Crippen LogP contribution in [-0.4, -0.2) is 42.9 Å². The van der Waals surface area contributed by atoms with Crippen molar-refractivity contribution in [1.82, 2.24) is 4.90 Å². The fraction of sp³-hybridized carbons (Fsp3) is 0.286. The standard InChI is InChI=1S/C28H25F4NO3/c1-16-22-12-19(34)4-9-24(22)36-28(25(16)21-7-8-23(30)27(32)26(21)31)18-2-5-20(6-3-18)35-11-10-33-14-17(13-29)15-33/h2-9,12,17,28,34H,10-11,13-15H2,1H3/t28-/m0/s1. The van der Waals surface area contributed by atoms with Gasteiger partial charge >= 0.3 is 0 Å². The maximum atomic E-state index is 14.9. The number of phenolic OH excluding ortho intramolecular Hbond substituents is 1. The molecular formula is C28H25F4NO3. The van der Waals surface area contributed by atoms with E-state index in [4.69, 9.17) is 9.47 Å². The number of ether oxygens (including phenoxy) is 2. The maximum absolute atomic E-state index is 14.9. The first-order chi connectivity index (χ1) is 17.4. The molecule has 0 radical (unpaired) electrons. The minimum absolute atomic E-state index is 0.000187. The Morgan fingerprint density at radius 2 is 1.72 bits per heavy atom. The van der Waals surface area contributed by atoms with Crippen LogP contribution in [0.3, 0.4) is 0 Å². The zero-order valence-electron chi connectivity index (χ0n) is 19.6. The largest absolute Gasteiger partial charge is 0.508 e.